The number of aliphatic hydroxyl groups is 14. The largest absolute Gasteiger partial charge is 0.394 e. The fourth-order valence-electron chi connectivity index (χ4n) is 11.3. The molecule has 0 amide bonds. The van der Waals surface area contributed by atoms with Gasteiger partial charge in [-0.1, -0.05) is 6.07 Å². The molecule has 40 nitrogen and oxygen atoms in total. The lowest BCUT2D eigenvalue weighted by molar-refractivity contribution is -0.313. The van der Waals surface area contributed by atoms with Gasteiger partial charge in [-0.2, -0.15) is 10.2 Å². The van der Waals surface area contributed by atoms with Crippen LogP contribution in [0, 0.1) is 0 Å². The summed E-state index contributed by atoms with van der Waals surface area (Å²) >= 11 is 0. The molecule has 2 saturated carbocycles. The maximum absolute atomic E-state index is 12.6. The summed E-state index contributed by atoms with van der Waals surface area (Å²) in [6.07, 6.45) is -35.5. The van der Waals surface area contributed by atoms with E-state index in [9.17, 15) is 71.5 Å². The van der Waals surface area contributed by atoms with E-state index >= 15 is 0 Å². The van der Waals surface area contributed by atoms with Gasteiger partial charge in [0.05, 0.1) is 61.3 Å². The Kier molecular flexibility index (Phi) is 23.0. The van der Waals surface area contributed by atoms with Crippen molar-refractivity contribution in [2.24, 2.45) is 76.0 Å². The molecule has 0 bridgehead atoms. The van der Waals surface area contributed by atoms with E-state index < -0.39 is 220 Å². The first kappa shape index (κ1) is 69.7. The van der Waals surface area contributed by atoms with Crippen molar-refractivity contribution in [3.8, 4) is 0 Å². The first-order valence-electron chi connectivity index (χ1n) is 27.6. The summed E-state index contributed by atoms with van der Waals surface area (Å²) < 4.78 is 48.9. The van der Waals surface area contributed by atoms with Crippen LogP contribution in [0.4, 0.5) is 11.4 Å². The van der Waals surface area contributed by atoms with Crippen LogP contribution in [0.1, 0.15) is 13.8 Å². The minimum atomic E-state index is -2.39. The van der Waals surface area contributed by atoms with Crippen LogP contribution in [0.5, 0.6) is 0 Å². The summed E-state index contributed by atoms with van der Waals surface area (Å²) in [6.45, 7) is 1.17. The SMILES string of the molecule is CNC1C(OC2C(OC3C(O)C(O)C(N=C(N)N)C(O)C3N=C(N)N)OC(C)C2(O)C=NNc2cccc(NN=CC3(O)C(C)OC(OC4C(O)C(O)C(N=C(N)N)C(O)C4N=C(N)N)C3OC3OC(CO)C(O)C(O)C3NC)c2)OC(CO)C(O)C1O. The second-order valence-electron chi connectivity index (χ2n) is 21.9. The van der Waals surface area contributed by atoms with Gasteiger partial charge in [-0.05, 0) is 46.1 Å². The molecule has 4 saturated heterocycles. The zero-order chi connectivity index (χ0) is 65.0. The number of nitrogens with zero attached hydrogens (tertiary/aromatic N) is 6. The van der Waals surface area contributed by atoms with E-state index in [2.05, 4.69) is 51.7 Å². The standard InChI is InChI=1S/C48H84N18O22/c1-13-47(79,37(87-39-23(57-3)31(75)25(69)17(9-67)83-39)41(81-13)85-35-21(63-45(53)54)27(71)19(61-43(49)50)29(73)33(35)77)11-59-65-15-6-5-7-16(8-15)66-60-12-48(80)14(2)82-42(38(48)88-40-24(58-4)32(76)26(70)18(10-68)84-40)86-36-22(64-46(55)56)28(72)20(62-44(51)52)30(74)34(36)78/h5-8,11-14,17-42,57-58,65-80H,9-10H2,1-4H3,(H4,49,50,61)(H4,51,52,62)(H4,53,54,63)(H4,55,56,64). The number of anilines is 2. The number of benzene rings is 1. The van der Waals surface area contributed by atoms with E-state index in [4.69, 9.17) is 83.8 Å². The van der Waals surface area contributed by atoms with Gasteiger partial charge >= 0.3 is 0 Å². The molecule has 6 aliphatic rings. The Bertz CT molecular complexity index is 2480. The molecule has 0 aromatic heterocycles. The topological polar surface area (TPSA) is 688 Å². The lowest BCUT2D eigenvalue weighted by Gasteiger charge is -2.45. The van der Waals surface area contributed by atoms with Crippen LogP contribution in [-0.4, -0.2) is 318 Å². The van der Waals surface area contributed by atoms with Crippen LogP contribution in [0.2, 0.25) is 0 Å². The highest BCUT2D eigenvalue weighted by molar-refractivity contribution is 5.78. The van der Waals surface area contributed by atoms with Crippen molar-refractivity contribution in [3.05, 3.63) is 24.3 Å². The normalized spacial score (nSPS) is 44.6. The Labute approximate surface area is 501 Å². The highest BCUT2D eigenvalue weighted by Crippen LogP contribution is 2.41. The first-order valence-corrected chi connectivity index (χ1v) is 27.6. The van der Waals surface area contributed by atoms with E-state index in [1.165, 1.54) is 52.2 Å². The van der Waals surface area contributed by atoms with Gasteiger partial charge in [-0.15, -0.1) is 0 Å². The van der Waals surface area contributed by atoms with Gasteiger partial charge in [0.1, 0.15) is 122 Å². The predicted octanol–water partition coefficient (Wildman–Crippen LogP) is -14.2. The molecule has 498 valence electrons. The van der Waals surface area contributed by atoms with Gasteiger partial charge in [-0.25, -0.2) is 20.0 Å². The molecule has 40 heteroatoms. The molecule has 4 heterocycles. The third-order valence-electron chi connectivity index (χ3n) is 16.1. The highest BCUT2D eigenvalue weighted by atomic mass is 16.8. The van der Waals surface area contributed by atoms with Gasteiger partial charge < -0.3 is 166 Å². The van der Waals surface area contributed by atoms with Crippen molar-refractivity contribution in [3.63, 3.8) is 0 Å². The fourth-order valence-corrected chi connectivity index (χ4v) is 11.3. The predicted molar refractivity (Wildman–Crippen MR) is 304 cm³/mol. The smallest absolute Gasteiger partial charge is 0.188 e. The average molecular weight is 1270 g/mol. The summed E-state index contributed by atoms with van der Waals surface area (Å²) in [7, 11) is 2.80. The summed E-state index contributed by atoms with van der Waals surface area (Å²) in [6, 6.07) is -2.83. The second-order valence-corrected chi connectivity index (χ2v) is 21.9. The first-order chi connectivity index (χ1) is 41.5. The lowest BCUT2D eigenvalue weighted by atomic mass is 9.81. The zero-order valence-electron chi connectivity index (χ0n) is 47.9. The molecule has 0 spiro atoms. The number of nitrogens with two attached hydrogens (primary N) is 8. The molecule has 30 unspecified atom stereocenters. The number of ether oxygens (including phenoxy) is 8. The number of aliphatic imine (C=N–C) groups is 4. The van der Waals surface area contributed by atoms with Crippen LogP contribution >= 0.6 is 0 Å². The maximum Gasteiger partial charge on any atom is 0.188 e. The summed E-state index contributed by atoms with van der Waals surface area (Å²) in [4.78, 5) is 15.7. The van der Waals surface area contributed by atoms with Crippen molar-refractivity contribution in [2.75, 3.05) is 38.2 Å². The Morgan fingerprint density at radius 2 is 0.818 bits per heavy atom. The molecule has 1 aromatic carbocycles. The summed E-state index contributed by atoms with van der Waals surface area (Å²) in [5, 5.41) is 171. The molecular weight excluding hydrogens is 1180 g/mol. The number of nitrogens with one attached hydrogen (secondary N) is 4. The molecule has 4 aliphatic heterocycles. The number of hydrogen-bond donors (Lipinski definition) is 26. The van der Waals surface area contributed by atoms with Crippen LogP contribution in [0.3, 0.4) is 0 Å². The van der Waals surface area contributed by atoms with Gasteiger partial charge in [0, 0.05) is 0 Å². The molecule has 7 rings (SSSR count). The van der Waals surface area contributed by atoms with Crippen molar-refractivity contribution < 1.29 is 109 Å². The van der Waals surface area contributed by atoms with Crippen molar-refractivity contribution in [1.82, 2.24) is 10.6 Å². The van der Waals surface area contributed by atoms with Crippen LogP contribution < -0.4 is 67.4 Å². The highest BCUT2D eigenvalue weighted by Gasteiger charge is 2.63. The molecule has 88 heavy (non-hydrogen) atoms. The number of aliphatic hydroxyl groups excluding tert-OH is 12. The van der Waals surface area contributed by atoms with E-state index in [1.807, 2.05) is 0 Å². The van der Waals surface area contributed by atoms with E-state index in [0.717, 1.165) is 12.4 Å². The maximum atomic E-state index is 12.6. The minimum absolute atomic E-state index is 0.208. The Hall–Kier alpha value is -5.72. The van der Waals surface area contributed by atoms with E-state index in [0.29, 0.717) is 0 Å². The summed E-state index contributed by atoms with van der Waals surface area (Å²) in [5.74, 6) is -2.32. The minimum Gasteiger partial charge on any atom is -0.394 e. The Balaban J connectivity index is 1.16. The quantitative estimate of drug-likeness (QED) is 0.0291. The van der Waals surface area contributed by atoms with Crippen LogP contribution in [-0.2, 0) is 37.9 Å². The molecule has 1 aromatic rings. The molecule has 34 N–H and O–H groups in total. The number of hydrazone groups is 2. The van der Waals surface area contributed by atoms with Crippen molar-refractivity contribution >= 4 is 47.6 Å². The molecular formula is C48H84N18O22. The van der Waals surface area contributed by atoms with E-state index in [-0.39, 0.29) is 11.4 Å². The molecule has 6 fully saturated rings. The summed E-state index contributed by atoms with van der Waals surface area (Å²) in [5.41, 5.74) is 46.1. The van der Waals surface area contributed by atoms with Gasteiger partial charge in [0.25, 0.3) is 0 Å². The zero-order valence-corrected chi connectivity index (χ0v) is 47.9. The lowest BCUT2D eigenvalue weighted by Crippen LogP contribution is -2.66. The Morgan fingerprint density at radius 1 is 0.477 bits per heavy atom. The number of hydrogen-bond acceptors (Lipinski definition) is 32. The van der Waals surface area contributed by atoms with Gasteiger partial charge in [0.2, 0.25) is 0 Å². The van der Waals surface area contributed by atoms with Crippen molar-refractivity contribution in [2.45, 2.75) is 196 Å². The fraction of sp³-hybridized carbons (Fsp3) is 0.750. The third-order valence-corrected chi connectivity index (χ3v) is 16.1. The molecule has 0 radical (unpaired) electrons. The molecule has 2 aliphatic carbocycles. The van der Waals surface area contributed by atoms with Gasteiger partial charge in [0.15, 0.2) is 60.2 Å². The number of likely N-dealkylation sites (N-methyl/N-ethyl adjacent to an activating group) is 2. The van der Waals surface area contributed by atoms with Crippen LogP contribution in [0.15, 0.2) is 54.4 Å². The monoisotopic (exact) mass is 1260 g/mol. The van der Waals surface area contributed by atoms with Gasteiger partial charge in [-0.3, -0.25) is 10.9 Å². The third kappa shape index (κ3) is 14.5. The van der Waals surface area contributed by atoms with Crippen molar-refractivity contribution in [1.29, 1.82) is 0 Å². The number of rotatable bonds is 22. The second kappa shape index (κ2) is 29.1. The Morgan fingerprint density at radius 3 is 1.14 bits per heavy atom. The average Bonchev–Trinajstić information content (AvgIpc) is 1.53. The molecule has 30 atom stereocenters. The van der Waals surface area contributed by atoms with Crippen LogP contribution in [0.25, 0.3) is 0 Å². The van der Waals surface area contributed by atoms with E-state index in [1.54, 1.807) is 0 Å². The number of guanidine groups is 4.